The Morgan fingerprint density at radius 1 is 0.906 bits per heavy atom. The van der Waals surface area contributed by atoms with E-state index in [1.165, 1.54) is 6.08 Å². The van der Waals surface area contributed by atoms with Gasteiger partial charge in [0.05, 0.1) is 6.61 Å². The van der Waals surface area contributed by atoms with Gasteiger partial charge in [0.1, 0.15) is 11.5 Å². The van der Waals surface area contributed by atoms with E-state index in [1.807, 2.05) is 67.6 Å². The van der Waals surface area contributed by atoms with Crippen molar-refractivity contribution >= 4 is 46.0 Å². The van der Waals surface area contributed by atoms with Gasteiger partial charge in [-0.1, -0.05) is 42.5 Å². The topological polar surface area (TPSA) is 88.7 Å². The molecule has 3 aromatic rings. The van der Waals surface area contributed by atoms with Crippen molar-refractivity contribution in [3.63, 3.8) is 0 Å². The highest BCUT2D eigenvalue weighted by Gasteiger charge is 2.06. The zero-order valence-electron chi connectivity index (χ0n) is 17.5. The number of hydrogen-bond acceptors (Lipinski definition) is 5. The molecular formula is C24H23N3O4S. The summed E-state index contributed by atoms with van der Waals surface area (Å²) in [6.07, 6.45) is 2.98. The number of hydrazine groups is 1. The van der Waals surface area contributed by atoms with Crippen molar-refractivity contribution in [3.8, 4) is 11.5 Å². The highest BCUT2D eigenvalue weighted by molar-refractivity contribution is 7.80. The monoisotopic (exact) mass is 449 g/mol. The number of nitrogens with one attached hydrogen (secondary N) is 3. The van der Waals surface area contributed by atoms with Gasteiger partial charge in [0, 0.05) is 6.08 Å². The number of hydrogen-bond donors (Lipinski definition) is 3. The molecule has 32 heavy (non-hydrogen) atoms. The Morgan fingerprint density at radius 2 is 1.62 bits per heavy atom. The van der Waals surface area contributed by atoms with Crippen molar-refractivity contribution in [3.05, 3.63) is 78.4 Å². The molecular weight excluding hydrogens is 426 g/mol. The zero-order chi connectivity index (χ0) is 22.8. The second-order valence-electron chi connectivity index (χ2n) is 6.62. The Labute approximate surface area is 191 Å². The predicted molar refractivity (Wildman–Crippen MR) is 128 cm³/mol. The van der Waals surface area contributed by atoms with E-state index in [0.717, 1.165) is 22.1 Å². The molecule has 3 rings (SSSR count). The smallest absolute Gasteiger partial charge is 0.276 e. The van der Waals surface area contributed by atoms with E-state index in [0.29, 0.717) is 12.4 Å². The SMILES string of the molecule is CCOc1ccc(/C=C/C(=O)NC(=S)NNC(=O)COc2ccc3ccccc3c2)cc1. The summed E-state index contributed by atoms with van der Waals surface area (Å²) in [7, 11) is 0. The molecule has 0 atom stereocenters. The summed E-state index contributed by atoms with van der Waals surface area (Å²) < 4.78 is 10.9. The minimum absolute atomic E-state index is 0.0367. The number of ether oxygens (including phenoxy) is 2. The lowest BCUT2D eigenvalue weighted by molar-refractivity contribution is -0.123. The van der Waals surface area contributed by atoms with E-state index >= 15 is 0 Å². The molecule has 0 radical (unpaired) electrons. The van der Waals surface area contributed by atoms with E-state index in [2.05, 4.69) is 16.2 Å². The molecule has 0 aromatic heterocycles. The zero-order valence-corrected chi connectivity index (χ0v) is 18.3. The maximum Gasteiger partial charge on any atom is 0.276 e. The van der Waals surface area contributed by atoms with Crippen molar-refractivity contribution in [2.45, 2.75) is 6.92 Å². The lowest BCUT2D eigenvalue weighted by Crippen LogP contribution is -2.49. The number of amides is 2. The van der Waals surface area contributed by atoms with Gasteiger partial charge >= 0.3 is 0 Å². The first-order valence-electron chi connectivity index (χ1n) is 9.96. The van der Waals surface area contributed by atoms with Gasteiger partial charge in [0.15, 0.2) is 11.7 Å². The summed E-state index contributed by atoms with van der Waals surface area (Å²) >= 11 is 5.01. The third-order valence-corrected chi connectivity index (χ3v) is 4.47. The van der Waals surface area contributed by atoms with Crippen molar-refractivity contribution in [2.75, 3.05) is 13.2 Å². The Kier molecular flexibility index (Phi) is 8.16. The molecule has 0 fully saturated rings. The van der Waals surface area contributed by atoms with E-state index in [1.54, 1.807) is 12.1 Å². The van der Waals surface area contributed by atoms with Gasteiger partial charge in [-0.15, -0.1) is 0 Å². The Balaban J connectivity index is 1.38. The van der Waals surface area contributed by atoms with Gasteiger partial charge in [-0.3, -0.25) is 25.8 Å². The number of carbonyl (C=O) groups is 2. The first-order chi connectivity index (χ1) is 15.5. The van der Waals surface area contributed by atoms with E-state index in [4.69, 9.17) is 21.7 Å². The van der Waals surface area contributed by atoms with Crippen LogP contribution in [0.2, 0.25) is 0 Å². The summed E-state index contributed by atoms with van der Waals surface area (Å²) in [5, 5.41) is 4.51. The van der Waals surface area contributed by atoms with Gasteiger partial charge in [0.25, 0.3) is 5.91 Å². The lowest BCUT2D eigenvalue weighted by atomic mass is 10.1. The van der Waals surface area contributed by atoms with Crippen LogP contribution in [0, 0.1) is 0 Å². The third kappa shape index (κ3) is 7.10. The second kappa shape index (κ2) is 11.5. The van der Waals surface area contributed by atoms with Gasteiger partial charge in [-0.25, -0.2) is 0 Å². The molecule has 0 heterocycles. The first-order valence-corrected chi connectivity index (χ1v) is 10.4. The number of rotatable bonds is 7. The number of thiocarbonyl (C=S) groups is 1. The summed E-state index contributed by atoms with van der Waals surface area (Å²) in [6, 6.07) is 20.8. The average molecular weight is 450 g/mol. The average Bonchev–Trinajstić information content (AvgIpc) is 2.81. The Morgan fingerprint density at radius 3 is 2.38 bits per heavy atom. The van der Waals surface area contributed by atoms with E-state index in [9.17, 15) is 9.59 Å². The standard InChI is InChI=1S/C24H23N3O4S/c1-2-30-20-11-7-17(8-12-20)9-14-22(28)25-24(32)27-26-23(29)16-31-21-13-10-18-5-3-4-6-19(18)15-21/h3-15H,2,16H2,1H3,(H,26,29)(H2,25,27,28,32)/b14-9+. The van der Waals surface area contributed by atoms with Crippen LogP contribution in [0.4, 0.5) is 0 Å². The molecule has 0 aliphatic rings. The summed E-state index contributed by atoms with van der Waals surface area (Å²) in [4.78, 5) is 23.9. The number of benzene rings is 3. The third-order valence-electron chi connectivity index (χ3n) is 4.26. The van der Waals surface area contributed by atoms with Gasteiger partial charge < -0.3 is 9.47 Å². The minimum atomic E-state index is -0.445. The first kappa shape index (κ1) is 22.8. The fraction of sp³-hybridized carbons (Fsp3) is 0.125. The fourth-order valence-corrected chi connectivity index (χ4v) is 2.92. The van der Waals surface area contributed by atoms with E-state index < -0.39 is 11.8 Å². The number of carbonyl (C=O) groups excluding carboxylic acids is 2. The van der Waals surface area contributed by atoms with Gasteiger partial charge in [0.2, 0.25) is 5.91 Å². The van der Waals surface area contributed by atoms with Crippen LogP contribution >= 0.6 is 12.2 Å². The van der Waals surface area contributed by atoms with E-state index in [-0.39, 0.29) is 11.7 Å². The van der Waals surface area contributed by atoms with Crippen molar-refractivity contribution < 1.29 is 19.1 Å². The molecule has 0 aliphatic carbocycles. The quantitative estimate of drug-likeness (QED) is 0.291. The predicted octanol–water partition coefficient (Wildman–Crippen LogP) is 3.35. The second-order valence-corrected chi connectivity index (χ2v) is 7.03. The van der Waals surface area contributed by atoms with Crippen molar-refractivity contribution in [1.82, 2.24) is 16.2 Å². The van der Waals surface area contributed by atoms with Crippen LogP contribution in [-0.2, 0) is 9.59 Å². The highest BCUT2D eigenvalue weighted by Crippen LogP contribution is 2.20. The summed E-state index contributed by atoms with van der Waals surface area (Å²) in [6.45, 7) is 2.29. The van der Waals surface area contributed by atoms with Crippen LogP contribution in [0.1, 0.15) is 12.5 Å². The van der Waals surface area contributed by atoms with Crippen LogP contribution in [0.3, 0.4) is 0 Å². The molecule has 7 nitrogen and oxygen atoms in total. The molecule has 164 valence electrons. The van der Waals surface area contributed by atoms with Crippen LogP contribution in [0.15, 0.2) is 72.8 Å². The molecule has 2 amide bonds. The summed E-state index contributed by atoms with van der Waals surface area (Å²) in [5.41, 5.74) is 5.68. The fourth-order valence-electron chi connectivity index (χ4n) is 2.77. The van der Waals surface area contributed by atoms with Crippen molar-refractivity contribution in [2.24, 2.45) is 0 Å². The highest BCUT2D eigenvalue weighted by atomic mass is 32.1. The van der Waals surface area contributed by atoms with Crippen LogP contribution < -0.4 is 25.6 Å². The molecule has 0 bridgehead atoms. The van der Waals surface area contributed by atoms with Crippen molar-refractivity contribution in [1.29, 1.82) is 0 Å². The molecule has 8 heteroatoms. The van der Waals surface area contributed by atoms with Crippen LogP contribution in [0.25, 0.3) is 16.8 Å². The Bertz CT molecular complexity index is 1130. The molecule has 3 aromatic carbocycles. The minimum Gasteiger partial charge on any atom is -0.494 e. The molecule has 3 N–H and O–H groups in total. The molecule has 0 aliphatic heterocycles. The van der Waals surface area contributed by atoms with Crippen LogP contribution in [-0.4, -0.2) is 30.1 Å². The molecule has 0 saturated heterocycles. The van der Waals surface area contributed by atoms with Crippen LogP contribution in [0.5, 0.6) is 11.5 Å². The maximum absolute atomic E-state index is 12.0. The lowest BCUT2D eigenvalue weighted by Gasteiger charge is -2.11. The normalized spacial score (nSPS) is 10.5. The summed E-state index contributed by atoms with van der Waals surface area (Å²) in [5.74, 6) is 0.465. The number of fused-ring (bicyclic) bond motifs is 1. The van der Waals surface area contributed by atoms with Gasteiger partial charge in [-0.2, -0.15) is 0 Å². The largest absolute Gasteiger partial charge is 0.494 e. The molecule has 0 unspecified atom stereocenters. The van der Waals surface area contributed by atoms with Gasteiger partial charge in [-0.05, 0) is 65.8 Å². The molecule has 0 spiro atoms. The maximum atomic E-state index is 12.0. The molecule has 0 saturated carbocycles. The Hall–Kier alpha value is -3.91.